The van der Waals surface area contributed by atoms with Gasteiger partial charge in [0.15, 0.2) is 11.6 Å². The van der Waals surface area contributed by atoms with Crippen molar-refractivity contribution in [2.24, 2.45) is 5.84 Å². The smallest absolute Gasteiger partial charge is 0.205 e. The molecule has 0 spiro atoms. The van der Waals surface area contributed by atoms with Crippen molar-refractivity contribution in [2.45, 2.75) is 0 Å². The van der Waals surface area contributed by atoms with Gasteiger partial charge in [0.1, 0.15) is 6.33 Å². The molecular formula is C13H18N6O. The molecule has 0 saturated carbocycles. The Labute approximate surface area is 117 Å². The van der Waals surface area contributed by atoms with E-state index in [1.807, 2.05) is 43.3 Å². The maximum atomic E-state index is 5.40. The topological polar surface area (TPSA) is 88.3 Å². The van der Waals surface area contributed by atoms with E-state index in [9.17, 15) is 0 Å². The zero-order valence-corrected chi connectivity index (χ0v) is 11.7. The van der Waals surface area contributed by atoms with Gasteiger partial charge in [-0.15, -0.1) is 0 Å². The highest BCUT2D eigenvalue weighted by atomic mass is 16.5. The van der Waals surface area contributed by atoms with Gasteiger partial charge in [-0.05, 0) is 18.2 Å². The molecule has 0 radical (unpaired) electrons. The monoisotopic (exact) mass is 274 g/mol. The van der Waals surface area contributed by atoms with Crippen molar-refractivity contribution in [1.82, 2.24) is 9.97 Å². The Morgan fingerprint density at radius 2 is 1.95 bits per heavy atom. The molecule has 4 N–H and O–H groups in total. The number of nitrogens with zero attached hydrogens (tertiary/aromatic N) is 3. The first-order valence-electron chi connectivity index (χ1n) is 6.05. The largest absolute Gasteiger partial charge is 0.490 e. The van der Waals surface area contributed by atoms with E-state index in [0.29, 0.717) is 17.4 Å². The van der Waals surface area contributed by atoms with Gasteiger partial charge >= 0.3 is 0 Å². The fourth-order valence-electron chi connectivity index (χ4n) is 1.76. The normalized spacial score (nSPS) is 10.0. The van der Waals surface area contributed by atoms with Crippen LogP contribution in [-0.2, 0) is 0 Å². The minimum atomic E-state index is 0.425. The Bertz CT molecular complexity index is 587. The highest BCUT2D eigenvalue weighted by Crippen LogP contribution is 2.31. The Morgan fingerprint density at radius 1 is 1.20 bits per heavy atom. The molecule has 0 saturated heterocycles. The lowest BCUT2D eigenvalue weighted by atomic mass is 10.2. The third-order valence-corrected chi connectivity index (χ3v) is 2.77. The second-order valence-corrected chi connectivity index (χ2v) is 4.32. The number of nitrogen functional groups attached to an aromatic ring is 1. The van der Waals surface area contributed by atoms with Crippen molar-refractivity contribution in [3.05, 3.63) is 30.6 Å². The summed E-state index contributed by atoms with van der Waals surface area (Å²) in [5, 5.41) is 3.20. The average molecular weight is 274 g/mol. The van der Waals surface area contributed by atoms with Crippen molar-refractivity contribution in [2.75, 3.05) is 36.8 Å². The summed E-state index contributed by atoms with van der Waals surface area (Å²) in [6.07, 6.45) is 1.41. The van der Waals surface area contributed by atoms with E-state index in [0.717, 1.165) is 11.4 Å². The summed E-state index contributed by atoms with van der Waals surface area (Å²) in [6.45, 7) is 0. The van der Waals surface area contributed by atoms with Crippen LogP contribution in [0.4, 0.5) is 23.0 Å². The fourth-order valence-corrected chi connectivity index (χ4v) is 1.76. The quantitative estimate of drug-likeness (QED) is 0.563. The number of hydrogen-bond donors (Lipinski definition) is 3. The number of rotatable bonds is 5. The highest BCUT2D eigenvalue weighted by molar-refractivity contribution is 5.70. The second kappa shape index (κ2) is 6.07. The maximum Gasteiger partial charge on any atom is 0.205 e. The molecule has 0 aliphatic rings. The molecule has 0 aliphatic carbocycles. The molecule has 0 atom stereocenters. The molecule has 0 fully saturated rings. The highest BCUT2D eigenvalue weighted by Gasteiger charge is 2.11. The molecule has 7 heteroatoms. The standard InChI is InChI=1S/C13H18N6O/c1-19(2)10-6-4-5-9(7-10)17-12-11(20-3)13(18-14)16-8-15-12/h4-8H,14H2,1-3H3,(H2,15,16,17,18). The van der Waals surface area contributed by atoms with Gasteiger partial charge in [-0.2, -0.15) is 0 Å². The van der Waals surface area contributed by atoms with Crippen LogP contribution in [-0.4, -0.2) is 31.2 Å². The first-order chi connectivity index (χ1) is 9.65. The summed E-state index contributed by atoms with van der Waals surface area (Å²) in [5.41, 5.74) is 4.46. The summed E-state index contributed by atoms with van der Waals surface area (Å²) >= 11 is 0. The number of ether oxygens (including phenoxy) is 1. The lowest BCUT2D eigenvalue weighted by Gasteiger charge is -2.15. The summed E-state index contributed by atoms with van der Waals surface area (Å²) in [7, 11) is 5.52. The van der Waals surface area contributed by atoms with Gasteiger partial charge in [0.25, 0.3) is 0 Å². The molecule has 0 aliphatic heterocycles. The van der Waals surface area contributed by atoms with Gasteiger partial charge in [0, 0.05) is 25.5 Å². The van der Waals surface area contributed by atoms with Crippen LogP contribution >= 0.6 is 0 Å². The van der Waals surface area contributed by atoms with Gasteiger partial charge in [0.2, 0.25) is 5.75 Å². The van der Waals surface area contributed by atoms with Gasteiger partial charge in [-0.25, -0.2) is 15.8 Å². The van der Waals surface area contributed by atoms with Crippen molar-refractivity contribution in [3.63, 3.8) is 0 Å². The molecule has 1 aromatic carbocycles. The molecule has 2 aromatic rings. The maximum absolute atomic E-state index is 5.40. The summed E-state index contributed by atoms with van der Waals surface area (Å²) in [4.78, 5) is 10.2. The molecule has 7 nitrogen and oxygen atoms in total. The number of nitrogens with one attached hydrogen (secondary N) is 2. The zero-order valence-electron chi connectivity index (χ0n) is 11.7. The minimum Gasteiger partial charge on any atom is -0.490 e. The van der Waals surface area contributed by atoms with E-state index in [1.54, 1.807) is 7.11 Å². The van der Waals surface area contributed by atoms with Crippen molar-refractivity contribution < 1.29 is 4.74 Å². The Hall–Kier alpha value is -2.54. The van der Waals surface area contributed by atoms with Crippen molar-refractivity contribution in [1.29, 1.82) is 0 Å². The molecule has 1 heterocycles. The number of hydrazine groups is 1. The molecule has 20 heavy (non-hydrogen) atoms. The van der Waals surface area contributed by atoms with E-state index in [1.165, 1.54) is 6.33 Å². The van der Waals surface area contributed by atoms with E-state index >= 15 is 0 Å². The van der Waals surface area contributed by atoms with Crippen molar-refractivity contribution >= 4 is 23.0 Å². The van der Waals surface area contributed by atoms with Crippen LogP contribution in [0.1, 0.15) is 0 Å². The third-order valence-electron chi connectivity index (χ3n) is 2.77. The summed E-state index contributed by atoms with van der Waals surface area (Å²) < 4.78 is 5.28. The van der Waals surface area contributed by atoms with Crippen LogP contribution in [0.25, 0.3) is 0 Å². The Kier molecular flexibility index (Phi) is 4.21. The number of aromatic nitrogens is 2. The molecule has 106 valence electrons. The van der Waals surface area contributed by atoms with E-state index < -0.39 is 0 Å². The SMILES string of the molecule is COc1c(NN)ncnc1Nc1cccc(N(C)C)c1. The van der Waals surface area contributed by atoms with Gasteiger partial charge in [0.05, 0.1) is 7.11 Å². The predicted octanol–water partition coefficient (Wildman–Crippen LogP) is 1.58. The van der Waals surface area contributed by atoms with Crippen LogP contribution < -0.4 is 26.2 Å². The summed E-state index contributed by atoms with van der Waals surface area (Å²) in [6, 6.07) is 7.95. The van der Waals surface area contributed by atoms with Gasteiger partial charge < -0.3 is 20.4 Å². The number of methoxy groups -OCH3 is 1. The number of hydrogen-bond acceptors (Lipinski definition) is 7. The molecule has 1 aromatic heterocycles. The molecule has 0 unspecified atom stereocenters. The molecule has 2 rings (SSSR count). The van der Waals surface area contributed by atoms with Crippen LogP contribution in [0.2, 0.25) is 0 Å². The predicted molar refractivity (Wildman–Crippen MR) is 80.4 cm³/mol. The minimum absolute atomic E-state index is 0.425. The molecular weight excluding hydrogens is 256 g/mol. The van der Waals surface area contributed by atoms with Crippen molar-refractivity contribution in [3.8, 4) is 5.75 Å². The first kappa shape index (κ1) is 13.9. The number of anilines is 4. The van der Waals surface area contributed by atoms with Gasteiger partial charge in [-0.1, -0.05) is 6.07 Å². The fraction of sp³-hybridized carbons (Fsp3) is 0.231. The third kappa shape index (κ3) is 2.89. The lowest BCUT2D eigenvalue weighted by Crippen LogP contribution is -2.12. The lowest BCUT2D eigenvalue weighted by molar-refractivity contribution is 0.415. The zero-order chi connectivity index (χ0) is 14.5. The van der Waals surface area contributed by atoms with Crippen LogP contribution in [0.5, 0.6) is 5.75 Å². The van der Waals surface area contributed by atoms with Crippen LogP contribution in [0.15, 0.2) is 30.6 Å². The van der Waals surface area contributed by atoms with Crippen LogP contribution in [0, 0.1) is 0 Å². The second-order valence-electron chi connectivity index (χ2n) is 4.32. The average Bonchev–Trinajstić information content (AvgIpc) is 2.47. The van der Waals surface area contributed by atoms with E-state index in [4.69, 9.17) is 10.6 Å². The number of benzene rings is 1. The number of nitrogens with two attached hydrogens (primary N) is 1. The van der Waals surface area contributed by atoms with E-state index in [2.05, 4.69) is 20.7 Å². The Balaban J connectivity index is 2.32. The first-order valence-corrected chi connectivity index (χ1v) is 6.05. The summed E-state index contributed by atoms with van der Waals surface area (Å²) in [5.74, 6) is 6.83. The molecule has 0 amide bonds. The molecule has 0 bridgehead atoms. The van der Waals surface area contributed by atoms with Gasteiger partial charge in [-0.3, -0.25) is 0 Å². The van der Waals surface area contributed by atoms with E-state index in [-0.39, 0.29) is 0 Å². The van der Waals surface area contributed by atoms with Crippen LogP contribution in [0.3, 0.4) is 0 Å². The Morgan fingerprint density at radius 3 is 2.60 bits per heavy atom.